The summed E-state index contributed by atoms with van der Waals surface area (Å²) in [7, 11) is -4.37. The van der Waals surface area contributed by atoms with Gasteiger partial charge in [0.2, 0.25) is 0 Å². The lowest BCUT2D eigenvalue weighted by Gasteiger charge is -2.51. The Bertz CT molecular complexity index is 1130. The molecule has 0 radical (unpaired) electrons. The molecule has 1 aliphatic carbocycles. The van der Waals surface area contributed by atoms with E-state index in [-0.39, 0.29) is 30.8 Å². The summed E-state index contributed by atoms with van der Waals surface area (Å²) in [4.78, 5) is 10.7. The quantitative estimate of drug-likeness (QED) is 0.672. The van der Waals surface area contributed by atoms with Gasteiger partial charge in [-0.2, -0.15) is 13.2 Å². The Kier molecular flexibility index (Phi) is 4.81. The molecule has 0 atom stereocenters. The van der Waals surface area contributed by atoms with Gasteiger partial charge < -0.3 is 9.84 Å². The number of alkyl halides is 3. The van der Waals surface area contributed by atoms with E-state index in [9.17, 15) is 31.5 Å². The molecule has 30 heavy (non-hydrogen) atoms. The second-order valence-corrected chi connectivity index (χ2v) is 10.2. The first-order valence-corrected chi connectivity index (χ1v) is 11.1. The third-order valence-electron chi connectivity index (χ3n) is 5.28. The highest BCUT2D eigenvalue weighted by molar-refractivity contribution is 9.10. The molecule has 1 spiro atoms. The molecule has 6 nitrogen and oxygen atoms in total. The molecular formula is C19H15BrF3NO5S. The maximum atomic E-state index is 13.4. The first-order valence-electron chi connectivity index (χ1n) is 8.83. The van der Waals surface area contributed by atoms with Crippen LogP contribution in [0.25, 0.3) is 0 Å². The van der Waals surface area contributed by atoms with Crippen LogP contribution in [0.2, 0.25) is 0 Å². The van der Waals surface area contributed by atoms with Gasteiger partial charge in [0, 0.05) is 17.3 Å². The van der Waals surface area contributed by atoms with Crippen LogP contribution in [-0.4, -0.2) is 31.6 Å². The summed E-state index contributed by atoms with van der Waals surface area (Å²) in [6.45, 7) is -0.196. The molecule has 1 heterocycles. The summed E-state index contributed by atoms with van der Waals surface area (Å²) in [6.07, 6.45) is -4.49. The van der Waals surface area contributed by atoms with Crippen molar-refractivity contribution in [3.63, 3.8) is 0 Å². The molecule has 2 aromatic rings. The van der Waals surface area contributed by atoms with Crippen molar-refractivity contribution < 1.29 is 36.2 Å². The zero-order chi connectivity index (χ0) is 21.9. The van der Waals surface area contributed by atoms with E-state index in [2.05, 4.69) is 15.9 Å². The van der Waals surface area contributed by atoms with E-state index in [1.807, 2.05) is 0 Å². The standard InChI is InChI=1S/C19H15BrF3NO5S/c20-13-4-5-16-15(7-13)24(10-18(29-16)8-11(9-18)17(25)26)30(27,28)14-3-1-2-12(6-14)19(21,22)23/h1-7,11H,8-10H2,(H,25,26). The molecule has 0 aromatic heterocycles. The number of carboxylic acids is 1. The van der Waals surface area contributed by atoms with Gasteiger partial charge >= 0.3 is 12.1 Å². The highest BCUT2D eigenvalue weighted by atomic mass is 79.9. The predicted molar refractivity (Wildman–Crippen MR) is 104 cm³/mol. The topological polar surface area (TPSA) is 83.9 Å². The molecular weight excluding hydrogens is 491 g/mol. The van der Waals surface area contributed by atoms with Gasteiger partial charge in [0.15, 0.2) is 0 Å². The summed E-state index contributed by atoms with van der Waals surface area (Å²) in [6, 6.07) is 8.22. The summed E-state index contributed by atoms with van der Waals surface area (Å²) in [5.74, 6) is -1.44. The molecule has 4 rings (SSSR count). The third kappa shape index (κ3) is 3.53. The summed E-state index contributed by atoms with van der Waals surface area (Å²) >= 11 is 3.26. The highest BCUT2D eigenvalue weighted by Crippen LogP contribution is 2.50. The number of rotatable bonds is 3. The number of hydrogen-bond acceptors (Lipinski definition) is 4. The lowest BCUT2D eigenvalue weighted by Crippen LogP contribution is -2.61. The van der Waals surface area contributed by atoms with Crippen molar-refractivity contribution in [1.82, 2.24) is 0 Å². The van der Waals surface area contributed by atoms with Gasteiger partial charge in [0.1, 0.15) is 11.4 Å². The van der Waals surface area contributed by atoms with E-state index in [1.165, 1.54) is 6.07 Å². The van der Waals surface area contributed by atoms with Gasteiger partial charge in [-0.05, 0) is 36.4 Å². The van der Waals surface area contributed by atoms with E-state index in [1.54, 1.807) is 12.1 Å². The van der Waals surface area contributed by atoms with E-state index < -0.39 is 44.1 Å². The van der Waals surface area contributed by atoms with Crippen LogP contribution < -0.4 is 9.04 Å². The summed E-state index contributed by atoms with van der Waals surface area (Å²) in [5, 5.41) is 9.19. The number of nitrogens with zero attached hydrogens (tertiary/aromatic N) is 1. The molecule has 0 unspecified atom stereocenters. The Morgan fingerprint density at radius 2 is 1.90 bits per heavy atom. The number of fused-ring (bicyclic) bond motifs is 1. The maximum Gasteiger partial charge on any atom is 0.416 e. The lowest BCUT2D eigenvalue weighted by molar-refractivity contribution is -0.154. The Morgan fingerprint density at radius 3 is 2.53 bits per heavy atom. The van der Waals surface area contributed by atoms with Gasteiger partial charge in [-0.25, -0.2) is 8.42 Å². The van der Waals surface area contributed by atoms with Crippen molar-refractivity contribution in [2.75, 3.05) is 10.8 Å². The van der Waals surface area contributed by atoms with Crippen LogP contribution in [-0.2, 0) is 21.0 Å². The molecule has 11 heteroatoms. The number of aliphatic carboxylic acids is 1. The average Bonchev–Trinajstić information content (AvgIpc) is 2.64. The zero-order valence-corrected chi connectivity index (χ0v) is 17.6. The molecule has 0 amide bonds. The number of carbonyl (C=O) groups is 1. The smallest absolute Gasteiger partial charge is 0.416 e. The average molecular weight is 506 g/mol. The van der Waals surface area contributed by atoms with Crippen LogP contribution >= 0.6 is 15.9 Å². The molecule has 2 aromatic carbocycles. The minimum atomic E-state index is -4.69. The normalized spacial score (nSPS) is 23.5. The molecule has 160 valence electrons. The first-order chi connectivity index (χ1) is 13.9. The lowest BCUT2D eigenvalue weighted by atomic mass is 9.70. The number of sulfonamides is 1. The fraction of sp³-hybridized carbons (Fsp3) is 0.316. The molecule has 1 N–H and O–H groups in total. The molecule has 2 aliphatic rings. The van der Waals surface area contributed by atoms with Gasteiger partial charge in [0.05, 0.1) is 28.6 Å². The number of halogens is 4. The van der Waals surface area contributed by atoms with E-state index in [0.29, 0.717) is 10.5 Å². The Labute approximate surface area is 178 Å². The van der Waals surface area contributed by atoms with Crippen LogP contribution in [0.1, 0.15) is 18.4 Å². The van der Waals surface area contributed by atoms with Crippen molar-refractivity contribution in [2.24, 2.45) is 5.92 Å². The number of benzene rings is 2. The van der Waals surface area contributed by atoms with Crippen LogP contribution in [0.4, 0.5) is 18.9 Å². The van der Waals surface area contributed by atoms with E-state index in [4.69, 9.17) is 4.74 Å². The van der Waals surface area contributed by atoms with Crippen molar-refractivity contribution in [2.45, 2.75) is 29.5 Å². The molecule has 1 aliphatic heterocycles. The Balaban J connectivity index is 1.78. The van der Waals surface area contributed by atoms with Crippen molar-refractivity contribution >= 4 is 37.6 Å². The van der Waals surface area contributed by atoms with Crippen LogP contribution in [0.5, 0.6) is 5.75 Å². The van der Waals surface area contributed by atoms with E-state index in [0.717, 1.165) is 22.5 Å². The second-order valence-electron chi connectivity index (χ2n) is 7.38. The fourth-order valence-corrected chi connectivity index (χ4v) is 5.72. The predicted octanol–water partition coefficient (Wildman–Crippen LogP) is 4.29. The van der Waals surface area contributed by atoms with Gasteiger partial charge in [-0.15, -0.1) is 0 Å². The van der Waals surface area contributed by atoms with Gasteiger partial charge in [-0.3, -0.25) is 9.10 Å². The van der Waals surface area contributed by atoms with Gasteiger partial charge in [0.25, 0.3) is 10.0 Å². The summed E-state index contributed by atoms with van der Waals surface area (Å²) in [5.41, 5.74) is -1.94. The van der Waals surface area contributed by atoms with Crippen molar-refractivity contribution in [3.8, 4) is 5.75 Å². The SMILES string of the molecule is O=C(O)C1CC2(C1)CN(S(=O)(=O)c1cccc(C(F)(F)F)c1)c1cc(Br)ccc1O2. The first kappa shape index (κ1) is 21.0. The number of hydrogen-bond donors (Lipinski definition) is 1. The number of ether oxygens (including phenoxy) is 1. The fourth-order valence-electron chi connectivity index (χ4n) is 3.78. The molecule has 1 saturated carbocycles. The van der Waals surface area contributed by atoms with Gasteiger partial charge in [-0.1, -0.05) is 22.0 Å². The maximum absolute atomic E-state index is 13.4. The second kappa shape index (κ2) is 6.88. The molecule has 0 bridgehead atoms. The minimum Gasteiger partial charge on any atom is -0.483 e. The minimum absolute atomic E-state index is 0.104. The number of carboxylic acid groups (broad SMARTS) is 1. The number of anilines is 1. The Morgan fingerprint density at radius 1 is 1.20 bits per heavy atom. The van der Waals surface area contributed by atoms with Crippen LogP contribution in [0, 0.1) is 5.92 Å². The largest absolute Gasteiger partial charge is 0.483 e. The van der Waals surface area contributed by atoms with Crippen molar-refractivity contribution in [1.29, 1.82) is 0 Å². The van der Waals surface area contributed by atoms with Crippen LogP contribution in [0.15, 0.2) is 51.8 Å². The summed E-state index contributed by atoms with van der Waals surface area (Å²) < 4.78 is 73.5. The van der Waals surface area contributed by atoms with Crippen molar-refractivity contribution in [3.05, 3.63) is 52.5 Å². The van der Waals surface area contributed by atoms with Crippen LogP contribution in [0.3, 0.4) is 0 Å². The third-order valence-corrected chi connectivity index (χ3v) is 7.53. The Hall–Kier alpha value is -2.27. The monoisotopic (exact) mass is 505 g/mol. The highest BCUT2D eigenvalue weighted by Gasteiger charge is 2.55. The molecule has 1 fully saturated rings. The molecule has 0 saturated heterocycles. The zero-order valence-electron chi connectivity index (χ0n) is 15.2. The van der Waals surface area contributed by atoms with E-state index >= 15 is 0 Å².